The molecule has 3 heterocycles. The van der Waals surface area contributed by atoms with Crippen molar-refractivity contribution in [1.82, 2.24) is 14.8 Å². The number of aromatic nitrogens is 1. The normalized spacial score (nSPS) is 18.2. The monoisotopic (exact) mass is 435 g/mol. The molecule has 1 aromatic heterocycles. The van der Waals surface area contributed by atoms with Crippen LogP contribution in [0.4, 0.5) is 5.13 Å². The van der Waals surface area contributed by atoms with Crippen molar-refractivity contribution < 1.29 is 17.9 Å². The van der Waals surface area contributed by atoms with Crippen LogP contribution in [0, 0.1) is 0 Å². The van der Waals surface area contributed by atoms with Crippen molar-refractivity contribution in [3.05, 3.63) is 40.9 Å². The lowest BCUT2D eigenvalue weighted by Crippen LogP contribution is -2.35. The van der Waals surface area contributed by atoms with Crippen LogP contribution in [0.25, 0.3) is 0 Å². The smallest absolute Gasteiger partial charge is 0.285 e. The average Bonchev–Trinajstić information content (AvgIpc) is 3.24. The number of benzene rings is 1. The average molecular weight is 436 g/mol. The van der Waals surface area contributed by atoms with E-state index in [9.17, 15) is 13.2 Å². The van der Waals surface area contributed by atoms with Gasteiger partial charge < -0.3 is 15.0 Å². The van der Waals surface area contributed by atoms with Crippen LogP contribution in [-0.4, -0.2) is 74.8 Å². The van der Waals surface area contributed by atoms with Crippen LogP contribution in [0.3, 0.4) is 0 Å². The molecule has 2 aromatic rings. The van der Waals surface area contributed by atoms with Crippen molar-refractivity contribution in [2.75, 3.05) is 45.2 Å². The molecule has 154 valence electrons. The Labute approximate surface area is 173 Å². The molecule has 9 nitrogen and oxygen atoms in total. The minimum absolute atomic E-state index is 0.0406. The first-order valence-corrected chi connectivity index (χ1v) is 11.4. The van der Waals surface area contributed by atoms with Gasteiger partial charge >= 0.3 is 0 Å². The van der Waals surface area contributed by atoms with Gasteiger partial charge in [-0.25, -0.2) is 4.98 Å². The van der Waals surface area contributed by atoms with E-state index in [0.29, 0.717) is 10.7 Å². The molecule has 1 aromatic carbocycles. The number of fused-ring (bicyclic) bond motifs is 1. The quantitative estimate of drug-likeness (QED) is 0.747. The highest BCUT2D eigenvalue weighted by Gasteiger charge is 2.31. The van der Waals surface area contributed by atoms with E-state index in [1.165, 1.54) is 22.3 Å². The molecule has 1 saturated heterocycles. The Bertz CT molecular complexity index is 1040. The number of ether oxygens (including phenoxy) is 1. The lowest BCUT2D eigenvalue weighted by Gasteiger charge is -2.25. The van der Waals surface area contributed by atoms with Gasteiger partial charge in [-0.1, -0.05) is 12.1 Å². The molecule has 11 heteroatoms. The number of rotatable bonds is 5. The number of thiazole rings is 1. The molecule has 29 heavy (non-hydrogen) atoms. The Balaban J connectivity index is 1.37. The van der Waals surface area contributed by atoms with E-state index in [1.807, 2.05) is 5.38 Å². The van der Waals surface area contributed by atoms with Crippen molar-refractivity contribution in [1.29, 1.82) is 0 Å². The third kappa shape index (κ3) is 4.47. The summed E-state index contributed by atoms with van der Waals surface area (Å²) in [7, 11) is -2.07. The predicted octanol–water partition coefficient (Wildman–Crippen LogP) is 0.995. The molecule has 0 atom stereocenters. The second-order valence-electron chi connectivity index (χ2n) is 6.82. The fraction of sp³-hybridized carbons (Fsp3) is 0.389. The standard InChI is InChI=1S/C18H21N5O4S2/c1-22(17-14-4-2-3-5-15(14)29(25,26)21-17)11-16(24)20-18-19-13(12-28-18)10-23-6-8-27-9-7-23/h2-5,12H,6-11H2,1H3,(H,19,20,24). The fourth-order valence-corrected chi connectivity index (χ4v) is 5.21. The van der Waals surface area contributed by atoms with Crippen molar-refractivity contribution in [2.45, 2.75) is 11.4 Å². The summed E-state index contributed by atoms with van der Waals surface area (Å²) in [5.41, 5.74) is 1.41. The van der Waals surface area contributed by atoms with Gasteiger partial charge in [-0.15, -0.1) is 15.7 Å². The molecule has 2 aliphatic rings. The highest BCUT2D eigenvalue weighted by Crippen LogP contribution is 2.27. The highest BCUT2D eigenvalue weighted by atomic mass is 32.2. The fourth-order valence-electron chi connectivity index (χ4n) is 3.24. The number of hydrogen-bond donors (Lipinski definition) is 1. The van der Waals surface area contributed by atoms with Crippen LogP contribution >= 0.6 is 11.3 Å². The van der Waals surface area contributed by atoms with E-state index in [0.717, 1.165) is 38.5 Å². The number of nitrogens with zero attached hydrogens (tertiary/aromatic N) is 4. The van der Waals surface area contributed by atoms with Gasteiger partial charge in [0.1, 0.15) is 4.90 Å². The molecule has 0 radical (unpaired) electrons. The van der Waals surface area contributed by atoms with Gasteiger partial charge in [-0.3, -0.25) is 9.69 Å². The number of carbonyl (C=O) groups excluding carboxylic acids is 1. The van der Waals surface area contributed by atoms with Gasteiger partial charge in [0.15, 0.2) is 11.0 Å². The summed E-state index contributed by atoms with van der Waals surface area (Å²) < 4.78 is 33.5. The molecule has 1 N–H and O–H groups in total. The number of anilines is 1. The number of carbonyl (C=O) groups is 1. The van der Waals surface area contributed by atoms with Gasteiger partial charge in [-0.05, 0) is 12.1 Å². The zero-order chi connectivity index (χ0) is 20.4. The number of amides is 1. The van der Waals surface area contributed by atoms with Crippen molar-refractivity contribution in [2.24, 2.45) is 4.40 Å². The van der Waals surface area contributed by atoms with Crippen LogP contribution < -0.4 is 5.32 Å². The number of hydrogen-bond acceptors (Lipinski definition) is 8. The molecule has 1 amide bonds. The Morgan fingerprint density at radius 3 is 2.86 bits per heavy atom. The Hall–Kier alpha value is -2.34. The third-order valence-corrected chi connectivity index (χ3v) is 6.77. The summed E-state index contributed by atoms with van der Waals surface area (Å²) in [4.78, 5) is 20.9. The maximum absolute atomic E-state index is 12.4. The Morgan fingerprint density at radius 2 is 2.07 bits per heavy atom. The molecule has 0 aliphatic carbocycles. The van der Waals surface area contributed by atoms with Gasteiger partial charge in [0, 0.05) is 37.6 Å². The topological polar surface area (TPSA) is 104 Å². The number of sulfonamides is 1. The van der Waals surface area contributed by atoms with Gasteiger partial charge in [-0.2, -0.15) is 8.42 Å². The van der Waals surface area contributed by atoms with E-state index in [2.05, 4.69) is 19.6 Å². The summed E-state index contributed by atoms with van der Waals surface area (Å²) in [6.45, 7) is 3.88. The summed E-state index contributed by atoms with van der Waals surface area (Å²) in [6, 6.07) is 6.60. The number of likely N-dealkylation sites (N-methyl/N-ethyl adjacent to an activating group) is 1. The second kappa shape index (κ2) is 8.19. The predicted molar refractivity (Wildman–Crippen MR) is 110 cm³/mol. The first-order chi connectivity index (χ1) is 13.9. The zero-order valence-electron chi connectivity index (χ0n) is 15.9. The summed E-state index contributed by atoms with van der Waals surface area (Å²) in [6.07, 6.45) is 0. The molecule has 0 spiro atoms. The van der Waals surface area contributed by atoms with Crippen LogP contribution in [-0.2, 0) is 26.1 Å². The van der Waals surface area contributed by atoms with E-state index < -0.39 is 10.0 Å². The minimum atomic E-state index is -3.71. The van der Waals surface area contributed by atoms with Crippen LogP contribution in [0.5, 0.6) is 0 Å². The second-order valence-corrected chi connectivity index (χ2v) is 9.25. The molecule has 0 unspecified atom stereocenters. The molecule has 1 fully saturated rings. The van der Waals surface area contributed by atoms with Crippen molar-refractivity contribution in [3.8, 4) is 0 Å². The third-order valence-electron chi connectivity index (χ3n) is 4.64. The van der Waals surface area contributed by atoms with E-state index >= 15 is 0 Å². The molecule has 0 saturated carbocycles. The zero-order valence-corrected chi connectivity index (χ0v) is 17.5. The molecule has 0 bridgehead atoms. The van der Waals surface area contributed by atoms with Crippen LogP contribution in [0.1, 0.15) is 11.3 Å². The molecule has 2 aliphatic heterocycles. The number of nitrogens with one attached hydrogen (secondary N) is 1. The highest BCUT2D eigenvalue weighted by molar-refractivity contribution is 7.90. The summed E-state index contributed by atoms with van der Waals surface area (Å²) >= 11 is 1.37. The Morgan fingerprint density at radius 1 is 1.31 bits per heavy atom. The maximum Gasteiger partial charge on any atom is 0.285 e. The molecular formula is C18H21N5O4S2. The largest absolute Gasteiger partial charge is 0.379 e. The number of amidine groups is 1. The number of morpholine rings is 1. The maximum atomic E-state index is 12.4. The first-order valence-electron chi connectivity index (χ1n) is 9.12. The lowest BCUT2D eigenvalue weighted by molar-refractivity contribution is -0.116. The van der Waals surface area contributed by atoms with Gasteiger partial charge in [0.2, 0.25) is 5.91 Å². The van der Waals surface area contributed by atoms with E-state index in [1.54, 1.807) is 25.2 Å². The SMILES string of the molecule is CN(CC(=O)Nc1nc(CN2CCOCC2)cs1)C1=NS(=O)(=O)c2ccccc21. The van der Waals surface area contributed by atoms with Gasteiger partial charge in [0.25, 0.3) is 10.0 Å². The van der Waals surface area contributed by atoms with Crippen LogP contribution in [0.2, 0.25) is 0 Å². The summed E-state index contributed by atoms with van der Waals surface area (Å²) in [5.74, 6) is -0.0212. The van der Waals surface area contributed by atoms with Crippen LogP contribution in [0.15, 0.2) is 38.9 Å². The van der Waals surface area contributed by atoms with Crippen molar-refractivity contribution in [3.63, 3.8) is 0 Å². The van der Waals surface area contributed by atoms with E-state index in [-0.39, 0.29) is 23.2 Å². The van der Waals surface area contributed by atoms with Gasteiger partial charge in [0.05, 0.1) is 25.5 Å². The Kier molecular flexibility index (Phi) is 5.63. The molecular weight excluding hydrogens is 414 g/mol. The first kappa shape index (κ1) is 20.0. The van der Waals surface area contributed by atoms with E-state index in [4.69, 9.17) is 4.74 Å². The summed E-state index contributed by atoms with van der Waals surface area (Å²) in [5, 5.41) is 5.23. The van der Waals surface area contributed by atoms with Crippen molar-refractivity contribution >= 4 is 38.2 Å². The lowest BCUT2D eigenvalue weighted by atomic mass is 10.2. The molecule has 4 rings (SSSR count). The minimum Gasteiger partial charge on any atom is -0.379 e.